The molecule has 3 unspecified atom stereocenters. The van der Waals surface area contributed by atoms with E-state index in [0.29, 0.717) is 6.04 Å². The predicted molar refractivity (Wildman–Crippen MR) is 91.4 cm³/mol. The number of nitrogens with one attached hydrogen (secondary N) is 1. The summed E-state index contributed by atoms with van der Waals surface area (Å²) < 4.78 is 0. The molecule has 2 aliphatic carbocycles. The molecule has 2 nitrogen and oxygen atoms in total. The number of hydrazine groups is 1. The summed E-state index contributed by atoms with van der Waals surface area (Å²) in [5.74, 6) is 7.61. The summed E-state index contributed by atoms with van der Waals surface area (Å²) in [6.45, 7) is 2.34. The second-order valence-corrected chi connectivity index (χ2v) is 8.17. The van der Waals surface area contributed by atoms with E-state index in [0.717, 1.165) is 11.8 Å². The quantitative estimate of drug-likeness (QED) is 0.479. The lowest BCUT2D eigenvalue weighted by atomic mass is 9.76. The lowest BCUT2D eigenvalue weighted by molar-refractivity contribution is 0.212. The van der Waals surface area contributed by atoms with E-state index in [1.807, 2.05) is 11.3 Å². The average Bonchev–Trinajstić information content (AvgIpc) is 2.78. The molecule has 0 spiro atoms. The molecule has 21 heavy (non-hydrogen) atoms. The molecule has 3 N–H and O–H groups in total. The smallest absolute Gasteiger partial charge is 0.0581 e. The van der Waals surface area contributed by atoms with E-state index in [9.17, 15) is 0 Å². The Morgan fingerprint density at radius 3 is 2.90 bits per heavy atom. The lowest BCUT2D eigenvalue weighted by Crippen LogP contribution is -2.35. The van der Waals surface area contributed by atoms with Crippen molar-refractivity contribution in [3.63, 3.8) is 0 Å². The zero-order valence-corrected chi connectivity index (χ0v) is 14.2. The number of hydrogen-bond acceptors (Lipinski definition) is 3. The Kier molecular flexibility index (Phi) is 5.36. The number of rotatable bonds is 4. The minimum atomic E-state index is 0.385. The van der Waals surface area contributed by atoms with Gasteiger partial charge in [0.15, 0.2) is 0 Å². The predicted octanol–water partition coefficient (Wildman–Crippen LogP) is 4.74. The second kappa shape index (κ2) is 7.26. The summed E-state index contributed by atoms with van der Waals surface area (Å²) in [6, 6.07) is 2.86. The highest BCUT2D eigenvalue weighted by molar-refractivity contribution is 7.12. The van der Waals surface area contributed by atoms with Gasteiger partial charge in [0.1, 0.15) is 0 Å². The molecule has 3 atom stereocenters. The molecule has 118 valence electrons. The number of aryl methyl sites for hydroxylation is 2. The van der Waals surface area contributed by atoms with Crippen molar-refractivity contribution < 1.29 is 0 Å². The molecule has 1 aromatic rings. The zero-order chi connectivity index (χ0) is 14.7. The summed E-state index contributed by atoms with van der Waals surface area (Å²) in [7, 11) is 0. The van der Waals surface area contributed by atoms with E-state index in [1.165, 1.54) is 69.1 Å². The first-order valence-corrected chi connectivity index (χ1v) is 9.71. The van der Waals surface area contributed by atoms with Crippen LogP contribution in [0.4, 0.5) is 0 Å². The van der Waals surface area contributed by atoms with Crippen LogP contribution < -0.4 is 11.3 Å². The van der Waals surface area contributed by atoms with Crippen molar-refractivity contribution in [3.05, 3.63) is 21.4 Å². The molecular weight excluding hydrogens is 276 g/mol. The first kappa shape index (κ1) is 15.5. The number of fused-ring (bicyclic) bond motifs is 1. The lowest BCUT2D eigenvalue weighted by Gasteiger charge is -2.33. The molecule has 3 rings (SSSR count). The summed E-state index contributed by atoms with van der Waals surface area (Å²) in [5, 5.41) is 0. The van der Waals surface area contributed by atoms with Gasteiger partial charge in [-0.1, -0.05) is 32.6 Å². The molecule has 0 aromatic carbocycles. The topological polar surface area (TPSA) is 38.0 Å². The fourth-order valence-corrected chi connectivity index (χ4v) is 5.71. The third-order valence-corrected chi connectivity index (χ3v) is 6.94. The van der Waals surface area contributed by atoms with Crippen LogP contribution in [-0.4, -0.2) is 0 Å². The highest BCUT2D eigenvalue weighted by atomic mass is 32.1. The Labute approximate surface area is 133 Å². The van der Waals surface area contributed by atoms with Gasteiger partial charge < -0.3 is 0 Å². The van der Waals surface area contributed by atoms with Crippen molar-refractivity contribution in [1.29, 1.82) is 0 Å². The van der Waals surface area contributed by atoms with Crippen molar-refractivity contribution in [3.8, 4) is 0 Å². The first-order valence-electron chi connectivity index (χ1n) is 8.89. The van der Waals surface area contributed by atoms with Gasteiger partial charge in [0, 0.05) is 9.75 Å². The monoisotopic (exact) mass is 306 g/mol. The van der Waals surface area contributed by atoms with Gasteiger partial charge in [-0.2, -0.15) is 0 Å². The Morgan fingerprint density at radius 1 is 1.24 bits per heavy atom. The molecule has 3 heteroatoms. The molecule has 0 saturated heterocycles. The van der Waals surface area contributed by atoms with Crippen LogP contribution in [0, 0.1) is 11.8 Å². The van der Waals surface area contributed by atoms with Crippen molar-refractivity contribution >= 4 is 11.3 Å². The van der Waals surface area contributed by atoms with Crippen LogP contribution in [0.15, 0.2) is 6.07 Å². The van der Waals surface area contributed by atoms with Crippen LogP contribution in [0.2, 0.25) is 0 Å². The molecule has 0 bridgehead atoms. The minimum absolute atomic E-state index is 0.385. The van der Waals surface area contributed by atoms with Gasteiger partial charge in [-0.3, -0.25) is 11.3 Å². The summed E-state index contributed by atoms with van der Waals surface area (Å²) in [6.07, 6.45) is 13.5. The van der Waals surface area contributed by atoms with Gasteiger partial charge in [-0.05, 0) is 62.0 Å². The maximum Gasteiger partial charge on any atom is 0.0581 e. The Balaban J connectivity index is 1.76. The summed E-state index contributed by atoms with van der Waals surface area (Å²) in [5.41, 5.74) is 4.79. The largest absolute Gasteiger partial charge is 0.271 e. The fourth-order valence-electron chi connectivity index (χ4n) is 4.30. The van der Waals surface area contributed by atoms with Crippen molar-refractivity contribution in [1.82, 2.24) is 5.43 Å². The highest BCUT2D eigenvalue weighted by Crippen LogP contribution is 2.41. The zero-order valence-electron chi connectivity index (χ0n) is 13.4. The number of thiophene rings is 1. The van der Waals surface area contributed by atoms with Gasteiger partial charge in [0.2, 0.25) is 0 Å². The number of hydrogen-bond donors (Lipinski definition) is 2. The van der Waals surface area contributed by atoms with Gasteiger partial charge in [0.05, 0.1) is 6.04 Å². The van der Waals surface area contributed by atoms with Gasteiger partial charge in [-0.25, -0.2) is 0 Å². The average molecular weight is 307 g/mol. The Morgan fingerprint density at radius 2 is 2.10 bits per heavy atom. The molecule has 1 fully saturated rings. The summed E-state index contributed by atoms with van der Waals surface area (Å²) in [4.78, 5) is 3.15. The normalized spacial score (nSPS) is 27.9. The molecular formula is C18H30N2S. The van der Waals surface area contributed by atoms with Crippen LogP contribution in [0.1, 0.15) is 79.6 Å². The summed E-state index contributed by atoms with van der Waals surface area (Å²) >= 11 is 2.04. The first-order chi connectivity index (χ1) is 10.3. The highest BCUT2D eigenvalue weighted by Gasteiger charge is 2.30. The van der Waals surface area contributed by atoms with Gasteiger partial charge in [-0.15, -0.1) is 11.3 Å². The maximum atomic E-state index is 5.97. The van der Waals surface area contributed by atoms with Crippen molar-refractivity contribution in [2.24, 2.45) is 17.7 Å². The van der Waals surface area contributed by atoms with E-state index in [2.05, 4.69) is 18.4 Å². The third kappa shape index (κ3) is 3.52. The second-order valence-electron chi connectivity index (χ2n) is 7.00. The van der Waals surface area contributed by atoms with E-state index in [1.54, 1.807) is 10.4 Å². The molecule has 2 aliphatic rings. The fraction of sp³-hybridized carbons (Fsp3) is 0.778. The number of nitrogens with two attached hydrogens (primary N) is 1. The minimum Gasteiger partial charge on any atom is -0.271 e. The van der Waals surface area contributed by atoms with Crippen molar-refractivity contribution in [2.75, 3.05) is 0 Å². The van der Waals surface area contributed by atoms with E-state index in [4.69, 9.17) is 5.84 Å². The van der Waals surface area contributed by atoms with E-state index in [-0.39, 0.29) is 0 Å². The van der Waals surface area contributed by atoms with Gasteiger partial charge >= 0.3 is 0 Å². The van der Waals surface area contributed by atoms with Crippen molar-refractivity contribution in [2.45, 2.75) is 77.2 Å². The molecule has 1 saturated carbocycles. The SMILES string of the molecule is CCC1CCCC(C(NN)c2cc3c(s2)CCCCC3)C1. The Hall–Kier alpha value is -0.380. The molecule has 0 amide bonds. The van der Waals surface area contributed by atoms with Crippen LogP contribution in [-0.2, 0) is 12.8 Å². The third-order valence-electron chi connectivity index (χ3n) is 5.62. The molecule has 0 aliphatic heterocycles. The van der Waals surface area contributed by atoms with Crippen LogP contribution in [0.25, 0.3) is 0 Å². The molecule has 1 heterocycles. The van der Waals surface area contributed by atoms with Crippen LogP contribution in [0.5, 0.6) is 0 Å². The van der Waals surface area contributed by atoms with E-state index < -0.39 is 0 Å². The molecule has 1 aromatic heterocycles. The van der Waals surface area contributed by atoms with E-state index >= 15 is 0 Å². The Bertz CT molecular complexity index is 431. The van der Waals surface area contributed by atoms with Crippen LogP contribution >= 0.6 is 11.3 Å². The maximum absolute atomic E-state index is 5.97. The molecule has 0 radical (unpaired) electrons. The van der Waals surface area contributed by atoms with Crippen LogP contribution in [0.3, 0.4) is 0 Å². The standard InChI is InChI=1S/C18H30N2S/c1-2-13-7-6-9-15(11-13)18(20-19)17-12-14-8-4-3-5-10-16(14)21-17/h12-13,15,18,20H,2-11,19H2,1H3. The van der Waals surface area contributed by atoms with Gasteiger partial charge in [0.25, 0.3) is 0 Å².